The monoisotopic (exact) mass is 496 g/mol. The third-order valence-corrected chi connectivity index (χ3v) is 5.92. The molecule has 36 heavy (non-hydrogen) atoms. The molecule has 0 unspecified atom stereocenters. The van der Waals surface area contributed by atoms with Gasteiger partial charge in [-0.15, -0.1) is 0 Å². The van der Waals surface area contributed by atoms with Crippen molar-refractivity contribution < 1.29 is 22.4 Å². The van der Waals surface area contributed by atoms with Gasteiger partial charge in [-0.05, 0) is 47.9 Å². The van der Waals surface area contributed by atoms with Gasteiger partial charge in [0, 0.05) is 60.1 Å². The van der Waals surface area contributed by atoms with E-state index < -0.39 is 23.6 Å². The summed E-state index contributed by atoms with van der Waals surface area (Å²) in [6.45, 7) is 2.44. The first-order valence-electron chi connectivity index (χ1n) is 11.1. The Bertz CT molecular complexity index is 1490. The summed E-state index contributed by atoms with van der Waals surface area (Å²) in [5.41, 5.74) is 8.99. The number of pyridine rings is 2. The van der Waals surface area contributed by atoms with Crippen LogP contribution < -0.4 is 11.1 Å². The number of rotatable bonds is 6. The van der Waals surface area contributed by atoms with Crippen molar-refractivity contribution in [1.29, 1.82) is 0 Å². The minimum atomic E-state index is -4.65. The number of primary amides is 1. The molecule has 0 atom stereocenters. The minimum absolute atomic E-state index is 0.0609. The van der Waals surface area contributed by atoms with Crippen molar-refractivity contribution >= 4 is 11.6 Å². The summed E-state index contributed by atoms with van der Waals surface area (Å²) < 4.78 is 56.0. The van der Waals surface area contributed by atoms with Crippen molar-refractivity contribution in [2.45, 2.75) is 25.9 Å². The van der Waals surface area contributed by atoms with Crippen LogP contribution in [0, 0.1) is 5.82 Å². The number of nitrogens with one attached hydrogen (secondary N) is 1. The van der Waals surface area contributed by atoms with E-state index in [9.17, 15) is 22.4 Å². The number of aromatic nitrogens is 4. The summed E-state index contributed by atoms with van der Waals surface area (Å²) in [5, 5.41) is 6.95. The number of carbonyl (C=O) groups is 1. The second-order valence-corrected chi connectivity index (χ2v) is 8.40. The highest BCUT2D eigenvalue weighted by molar-refractivity contribution is 5.92. The lowest BCUT2D eigenvalue weighted by molar-refractivity contribution is -0.141. The predicted octanol–water partition coefficient (Wildman–Crippen LogP) is 4.52. The maximum Gasteiger partial charge on any atom is 0.435 e. The van der Waals surface area contributed by atoms with E-state index in [-0.39, 0.29) is 6.42 Å². The van der Waals surface area contributed by atoms with Crippen LogP contribution in [-0.2, 0) is 23.8 Å². The molecule has 7 nitrogen and oxygen atoms in total. The van der Waals surface area contributed by atoms with Gasteiger partial charge in [-0.1, -0.05) is 0 Å². The fourth-order valence-electron chi connectivity index (χ4n) is 4.50. The first-order valence-corrected chi connectivity index (χ1v) is 11.1. The van der Waals surface area contributed by atoms with Gasteiger partial charge in [-0.25, -0.2) is 9.07 Å². The highest BCUT2D eigenvalue weighted by Gasteiger charge is 2.35. The first kappa shape index (κ1) is 23.5. The maximum atomic E-state index is 14.6. The van der Waals surface area contributed by atoms with Gasteiger partial charge in [-0.3, -0.25) is 14.8 Å². The van der Waals surface area contributed by atoms with Crippen LogP contribution in [0.5, 0.6) is 0 Å². The molecule has 0 bridgehead atoms. The van der Waals surface area contributed by atoms with Gasteiger partial charge in [0.15, 0.2) is 5.69 Å². The Balaban J connectivity index is 1.79. The lowest BCUT2D eigenvalue weighted by Gasteiger charge is -2.16. The van der Waals surface area contributed by atoms with Gasteiger partial charge >= 0.3 is 6.18 Å². The highest BCUT2D eigenvalue weighted by atomic mass is 19.4. The van der Waals surface area contributed by atoms with E-state index in [2.05, 4.69) is 20.4 Å². The Hall–Kier alpha value is -4.28. The Kier molecular flexibility index (Phi) is 5.70. The van der Waals surface area contributed by atoms with Crippen molar-refractivity contribution in [3.05, 3.63) is 77.4 Å². The van der Waals surface area contributed by atoms with Gasteiger partial charge in [0.05, 0.1) is 17.8 Å². The number of benzene rings is 1. The molecule has 184 valence electrons. The molecule has 0 spiro atoms. The number of hydrogen-bond donors (Lipinski definition) is 2. The highest BCUT2D eigenvalue weighted by Crippen LogP contribution is 2.46. The number of hydrogen-bond acceptors (Lipinski definition) is 5. The fourth-order valence-corrected chi connectivity index (χ4v) is 4.50. The van der Waals surface area contributed by atoms with Crippen LogP contribution in [0.1, 0.15) is 29.4 Å². The summed E-state index contributed by atoms with van der Waals surface area (Å²) in [4.78, 5) is 20.2. The summed E-state index contributed by atoms with van der Waals surface area (Å²) in [7, 11) is 0. The van der Waals surface area contributed by atoms with E-state index >= 15 is 0 Å². The van der Waals surface area contributed by atoms with Crippen molar-refractivity contribution in [3.63, 3.8) is 0 Å². The number of alkyl halides is 3. The Labute approximate surface area is 203 Å². The zero-order valence-corrected chi connectivity index (χ0v) is 19.0. The molecule has 1 aromatic carbocycles. The zero-order valence-electron chi connectivity index (χ0n) is 19.0. The normalized spacial score (nSPS) is 12.4. The smallest absolute Gasteiger partial charge is 0.385 e. The molecule has 11 heteroatoms. The molecule has 3 N–H and O–H groups in total. The summed E-state index contributed by atoms with van der Waals surface area (Å²) in [5.74, 6) is -1.04. The van der Waals surface area contributed by atoms with E-state index in [0.717, 1.165) is 16.3 Å². The van der Waals surface area contributed by atoms with Crippen molar-refractivity contribution in [3.8, 4) is 27.9 Å². The molecule has 3 aromatic heterocycles. The van der Waals surface area contributed by atoms with E-state index in [0.29, 0.717) is 57.9 Å². The van der Waals surface area contributed by atoms with Gasteiger partial charge in [0.2, 0.25) is 5.91 Å². The zero-order chi connectivity index (χ0) is 25.6. The average molecular weight is 496 g/mol. The lowest BCUT2D eigenvalue weighted by Crippen LogP contribution is -2.13. The van der Waals surface area contributed by atoms with E-state index in [4.69, 9.17) is 5.73 Å². The average Bonchev–Trinajstić information content (AvgIpc) is 3.44. The molecule has 4 aromatic rings. The molecule has 0 fully saturated rings. The molecule has 0 saturated heterocycles. The number of anilines is 1. The first-order chi connectivity index (χ1) is 17.2. The minimum Gasteiger partial charge on any atom is -0.385 e. The van der Waals surface area contributed by atoms with Gasteiger partial charge in [0.25, 0.3) is 0 Å². The molecule has 3 heterocycles. The third kappa shape index (κ3) is 4.16. The molecule has 1 aliphatic rings. The van der Waals surface area contributed by atoms with E-state index in [1.807, 2.05) is 6.92 Å². The van der Waals surface area contributed by atoms with Crippen molar-refractivity contribution in [1.82, 2.24) is 19.7 Å². The number of fused-ring (bicyclic) bond motifs is 3. The molecular weight excluding hydrogens is 476 g/mol. The maximum absolute atomic E-state index is 14.6. The molecule has 1 aliphatic carbocycles. The largest absolute Gasteiger partial charge is 0.435 e. The summed E-state index contributed by atoms with van der Waals surface area (Å²) in [6.07, 6.45) is 1.40. The molecular formula is C25H20F4N6O. The number of halogens is 4. The van der Waals surface area contributed by atoms with Crippen molar-refractivity contribution in [2.75, 3.05) is 11.9 Å². The van der Waals surface area contributed by atoms with Gasteiger partial charge in [0.1, 0.15) is 5.82 Å². The number of amides is 1. The van der Waals surface area contributed by atoms with Crippen LogP contribution in [0.4, 0.5) is 23.2 Å². The second-order valence-electron chi connectivity index (χ2n) is 8.40. The lowest BCUT2D eigenvalue weighted by atomic mass is 9.98. The van der Waals surface area contributed by atoms with Gasteiger partial charge in [-0.2, -0.15) is 18.3 Å². The van der Waals surface area contributed by atoms with Crippen molar-refractivity contribution in [2.24, 2.45) is 5.73 Å². The van der Waals surface area contributed by atoms with E-state index in [1.165, 1.54) is 36.9 Å². The second kappa shape index (κ2) is 8.74. The molecule has 0 radical (unpaired) electrons. The Morgan fingerprint density at radius 1 is 1.17 bits per heavy atom. The number of nitrogens with zero attached hydrogens (tertiary/aromatic N) is 4. The molecule has 1 amide bonds. The summed E-state index contributed by atoms with van der Waals surface area (Å²) in [6, 6.07) is 5.29. The summed E-state index contributed by atoms with van der Waals surface area (Å²) >= 11 is 0. The standard InChI is InChI=1S/C25H20F4N6O/c1-2-32-19-8-15(26)7-17-16(19)9-20-23(17)24(35-4-3-21(34-35)25(27,28)29)18(12-33-20)14-5-13(6-22(30)36)10-31-11-14/h3-5,7-8,10-12,32H,2,6,9H2,1H3,(H2,30,36). The third-order valence-electron chi connectivity index (χ3n) is 5.92. The quantitative estimate of drug-likeness (QED) is 0.337. The molecule has 5 rings (SSSR count). The Morgan fingerprint density at radius 3 is 2.67 bits per heavy atom. The number of nitrogens with two attached hydrogens (primary N) is 1. The fraction of sp³-hybridized carbons (Fsp3) is 0.200. The van der Waals surface area contributed by atoms with Crippen LogP contribution in [0.25, 0.3) is 27.9 Å². The molecule has 0 aliphatic heterocycles. The van der Waals surface area contributed by atoms with Crippen LogP contribution >= 0.6 is 0 Å². The number of carbonyl (C=O) groups excluding carboxylic acids is 1. The van der Waals surface area contributed by atoms with Crippen LogP contribution in [0.2, 0.25) is 0 Å². The predicted molar refractivity (Wildman–Crippen MR) is 125 cm³/mol. The van der Waals surface area contributed by atoms with Gasteiger partial charge < -0.3 is 11.1 Å². The van der Waals surface area contributed by atoms with Crippen LogP contribution in [-0.4, -0.2) is 32.2 Å². The Morgan fingerprint density at radius 2 is 1.97 bits per heavy atom. The van der Waals surface area contributed by atoms with E-state index in [1.54, 1.807) is 6.07 Å². The molecule has 0 saturated carbocycles. The topological polar surface area (TPSA) is 98.7 Å². The SMILES string of the molecule is CCNc1cc(F)cc2c1Cc1ncc(-c3cncc(CC(N)=O)c3)c(-n3ccc(C(F)(F)F)n3)c1-2. The van der Waals surface area contributed by atoms with Crippen LogP contribution in [0.3, 0.4) is 0 Å². The van der Waals surface area contributed by atoms with Crippen LogP contribution in [0.15, 0.2) is 49.1 Å².